The van der Waals surface area contributed by atoms with E-state index in [1.165, 1.54) is 24.0 Å². The van der Waals surface area contributed by atoms with Crippen molar-refractivity contribution < 1.29 is 5.11 Å². The van der Waals surface area contributed by atoms with Crippen LogP contribution in [-0.4, -0.2) is 17.8 Å². The van der Waals surface area contributed by atoms with Crippen molar-refractivity contribution >= 4 is 15.9 Å². The third-order valence-electron chi connectivity index (χ3n) is 3.18. The van der Waals surface area contributed by atoms with Gasteiger partial charge in [-0.3, -0.25) is 0 Å². The molecule has 0 spiro atoms. The van der Waals surface area contributed by atoms with Gasteiger partial charge in [0.05, 0.1) is 6.61 Å². The molecular formula is C13H18BrNO. The number of rotatable bonds is 3. The fourth-order valence-corrected chi connectivity index (χ4v) is 2.72. The Morgan fingerprint density at radius 3 is 3.12 bits per heavy atom. The second-order valence-electron chi connectivity index (χ2n) is 4.54. The maximum absolute atomic E-state index is 9.10. The lowest BCUT2D eigenvalue weighted by Crippen LogP contribution is -2.34. The van der Waals surface area contributed by atoms with Crippen LogP contribution >= 0.6 is 15.9 Å². The van der Waals surface area contributed by atoms with Gasteiger partial charge in [0.2, 0.25) is 0 Å². The molecule has 0 amide bonds. The van der Waals surface area contributed by atoms with Crippen LogP contribution in [0.4, 0.5) is 0 Å². The first-order valence-electron chi connectivity index (χ1n) is 5.86. The van der Waals surface area contributed by atoms with Gasteiger partial charge in [-0.2, -0.15) is 0 Å². The van der Waals surface area contributed by atoms with Crippen molar-refractivity contribution in [2.24, 2.45) is 0 Å². The normalized spacial score (nSPS) is 21.6. The molecule has 2 nitrogen and oxygen atoms in total. The van der Waals surface area contributed by atoms with Gasteiger partial charge in [0.25, 0.3) is 0 Å². The molecule has 88 valence electrons. The standard InChI is InChI=1S/C13H18BrNO/c1-9(8-16)15-13-4-2-3-10-5-6-11(14)7-12(10)13/h5-7,9,13,15-16H,2-4,8H2,1H3/t9-,13?/m1/s1. The number of aryl methyl sites for hydroxylation is 1. The Labute approximate surface area is 105 Å². The first kappa shape index (κ1) is 12.1. The molecule has 3 heteroatoms. The Morgan fingerprint density at radius 1 is 1.56 bits per heavy atom. The molecule has 1 aromatic rings. The SMILES string of the molecule is C[C@H](CO)NC1CCCc2ccc(Br)cc21. The zero-order valence-electron chi connectivity index (χ0n) is 9.54. The molecule has 1 aliphatic rings. The van der Waals surface area contributed by atoms with E-state index in [0.717, 1.165) is 10.9 Å². The number of aliphatic hydroxyl groups is 1. The van der Waals surface area contributed by atoms with Gasteiger partial charge in [0.1, 0.15) is 0 Å². The topological polar surface area (TPSA) is 32.3 Å². The summed E-state index contributed by atoms with van der Waals surface area (Å²) < 4.78 is 1.14. The number of fused-ring (bicyclic) bond motifs is 1. The number of halogens is 1. The van der Waals surface area contributed by atoms with E-state index in [2.05, 4.69) is 39.4 Å². The Bertz CT molecular complexity index is 367. The van der Waals surface area contributed by atoms with Crippen LogP contribution in [0.15, 0.2) is 22.7 Å². The Hall–Kier alpha value is -0.380. The third kappa shape index (κ3) is 2.65. The van der Waals surface area contributed by atoms with Crippen molar-refractivity contribution in [3.63, 3.8) is 0 Å². The summed E-state index contributed by atoms with van der Waals surface area (Å²) in [7, 11) is 0. The summed E-state index contributed by atoms with van der Waals surface area (Å²) >= 11 is 3.52. The van der Waals surface area contributed by atoms with Crippen molar-refractivity contribution in [3.8, 4) is 0 Å². The zero-order valence-corrected chi connectivity index (χ0v) is 11.1. The van der Waals surface area contributed by atoms with Gasteiger partial charge >= 0.3 is 0 Å². The minimum atomic E-state index is 0.162. The molecule has 1 aromatic carbocycles. The minimum absolute atomic E-state index is 0.162. The summed E-state index contributed by atoms with van der Waals surface area (Å²) in [5.41, 5.74) is 2.83. The Kier molecular flexibility index (Phi) is 4.00. The first-order valence-corrected chi connectivity index (χ1v) is 6.65. The van der Waals surface area contributed by atoms with Gasteiger partial charge in [-0.25, -0.2) is 0 Å². The van der Waals surface area contributed by atoms with E-state index < -0.39 is 0 Å². The number of aliphatic hydroxyl groups excluding tert-OH is 1. The van der Waals surface area contributed by atoms with Gasteiger partial charge in [-0.15, -0.1) is 0 Å². The molecule has 0 saturated carbocycles. The molecule has 0 aliphatic heterocycles. The minimum Gasteiger partial charge on any atom is -0.395 e. The van der Waals surface area contributed by atoms with E-state index in [-0.39, 0.29) is 12.6 Å². The molecular weight excluding hydrogens is 266 g/mol. The van der Waals surface area contributed by atoms with Crippen molar-refractivity contribution in [1.29, 1.82) is 0 Å². The molecule has 0 aromatic heterocycles. The number of hydrogen-bond acceptors (Lipinski definition) is 2. The summed E-state index contributed by atoms with van der Waals surface area (Å²) in [4.78, 5) is 0. The Morgan fingerprint density at radius 2 is 2.38 bits per heavy atom. The highest BCUT2D eigenvalue weighted by atomic mass is 79.9. The smallest absolute Gasteiger partial charge is 0.0582 e. The third-order valence-corrected chi connectivity index (χ3v) is 3.68. The molecule has 0 fully saturated rings. The van der Waals surface area contributed by atoms with Gasteiger partial charge in [-0.05, 0) is 49.4 Å². The van der Waals surface area contributed by atoms with E-state index in [0.29, 0.717) is 6.04 Å². The van der Waals surface area contributed by atoms with Crippen molar-refractivity contribution in [2.75, 3.05) is 6.61 Å². The van der Waals surface area contributed by atoms with Gasteiger partial charge in [0.15, 0.2) is 0 Å². The number of hydrogen-bond donors (Lipinski definition) is 2. The van der Waals surface area contributed by atoms with E-state index in [1.54, 1.807) is 0 Å². The van der Waals surface area contributed by atoms with Crippen LogP contribution in [0.1, 0.15) is 36.9 Å². The Balaban J connectivity index is 2.21. The molecule has 2 rings (SSSR count). The van der Waals surface area contributed by atoms with Crippen LogP contribution in [-0.2, 0) is 6.42 Å². The summed E-state index contributed by atoms with van der Waals surface area (Å²) in [6.45, 7) is 2.21. The first-order chi connectivity index (χ1) is 7.70. The van der Waals surface area contributed by atoms with Gasteiger partial charge in [0, 0.05) is 16.6 Å². The fraction of sp³-hybridized carbons (Fsp3) is 0.538. The fourth-order valence-electron chi connectivity index (χ4n) is 2.34. The summed E-state index contributed by atoms with van der Waals surface area (Å²) in [5.74, 6) is 0. The van der Waals surface area contributed by atoms with Crippen LogP contribution < -0.4 is 5.32 Å². The lowest BCUT2D eigenvalue weighted by atomic mass is 9.87. The molecule has 16 heavy (non-hydrogen) atoms. The van der Waals surface area contributed by atoms with Crippen molar-refractivity contribution in [1.82, 2.24) is 5.32 Å². The molecule has 2 N–H and O–H groups in total. The molecule has 0 bridgehead atoms. The average Bonchev–Trinajstić information content (AvgIpc) is 2.29. The van der Waals surface area contributed by atoms with E-state index in [4.69, 9.17) is 5.11 Å². The zero-order chi connectivity index (χ0) is 11.5. The predicted octanol–water partition coefficient (Wildman–Crippen LogP) is 2.80. The monoisotopic (exact) mass is 283 g/mol. The van der Waals surface area contributed by atoms with Crippen LogP contribution in [0, 0.1) is 0 Å². The highest BCUT2D eigenvalue weighted by molar-refractivity contribution is 9.10. The highest BCUT2D eigenvalue weighted by Crippen LogP contribution is 2.31. The molecule has 1 aliphatic carbocycles. The maximum atomic E-state index is 9.10. The quantitative estimate of drug-likeness (QED) is 0.894. The number of benzene rings is 1. The van der Waals surface area contributed by atoms with Crippen molar-refractivity contribution in [3.05, 3.63) is 33.8 Å². The second kappa shape index (κ2) is 5.30. The molecule has 0 radical (unpaired) electrons. The molecule has 1 unspecified atom stereocenters. The average molecular weight is 284 g/mol. The van der Waals surface area contributed by atoms with Crippen LogP contribution in [0.3, 0.4) is 0 Å². The van der Waals surface area contributed by atoms with Gasteiger partial charge < -0.3 is 10.4 Å². The van der Waals surface area contributed by atoms with Crippen molar-refractivity contribution in [2.45, 2.75) is 38.3 Å². The lowest BCUT2D eigenvalue weighted by molar-refractivity contribution is 0.236. The second-order valence-corrected chi connectivity index (χ2v) is 5.45. The molecule has 0 heterocycles. The largest absolute Gasteiger partial charge is 0.395 e. The summed E-state index contributed by atoms with van der Waals surface area (Å²) in [6.07, 6.45) is 3.56. The predicted molar refractivity (Wildman–Crippen MR) is 69.5 cm³/mol. The van der Waals surface area contributed by atoms with Crippen LogP contribution in [0.5, 0.6) is 0 Å². The van der Waals surface area contributed by atoms with Crippen LogP contribution in [0.2, 0.25) is 0 Å². The highest BCUT2D eigenvalue weighted by Gasteiger charge is 2.21. The van der Waals surface area contributed by atoms with E-state index in [9.17, 15) is 0 Å². The number of nitrogens with one attached hydrogen (secondary N) is 1. The molecule has 2 atom stereocenters. The summed E-state index contributed by atoms with van der Waals surface area (Å²) in [6, 6.07) is 7.07. The summed E-state index contributed by atoms with van der Waals surface area (Å²) in [5, 5.41) is 12.6. The maximum Gasteiger partial charge on any atom is 0.0582 e. The van der Waals surface area contributed by atoms with Crippen LogP contribution in [0.25, 0.3) is 0 Å². The molecule has 0 saturated heterocycles. The van der Waals surface area contributed by atoms with E-state index in [1.807, 2.05) is 6.92 Å². The van der Waals surface area contributed by atoms with Gasteiger partial charge in [-0.1, -0.05) is 22.0 Å². The van der Waals surface area contributed by atoms with E-state index >= 15 is 0 Å². The lowest BCUT2D eigenvalue weighted by Gasteiger charge is -2.29.